The molecule has 3 aliphatic heterocycles. The summed E-state index contributed by atoms with van der Waals surface area (Å²) in [6, 6.07) is 1.97. The van der Waals surface area contributed by atoms with Gasteiger partial charge in [-0.2, -0.15) is 13.2 Å². The number of aromatic nitrogens is 1. The Morgan fingerprint density at radius 1 is 1.19 bits per heavy atom. The van der Waals surface area contributed by atoms with Crippen LogP contribution in [-0.2, 0) is 15.7 Å². The number of hydrogen-bond donors (Lipinski definition) is 1. The topological polar surface area (TPSA) is 84.0 Å². The Bertz CT molecular complexity index is 797. The van der Waals surface area contributed by atoms with Gasteiger partial charge in [-0.1, -0.05) is 0 Å². The quantitative estimate of drug-likeness (QED) is 0.773. The highest BCUT2D eigenvalue weighted by molar-refractivity contribution is 5.79. The predicted octanol–water partition coefficient (Wildman–Crippen LogP) is 1.90. The highest BCUT2D eigenvalue weighted by atomic mass is 19.4. The minimum atomic E-state index is -4.47. The number of nitrogens with one attached hydrogen (secondary N) is 1. The van der Waals surface area contributed by atoms with Gasteiger partial charge in [0.25, 0.3) is 0 Å². The maximum Gasteiger partial charge on any atom is 0.433 e. The van der Waals surface area contributed by atoms with Gasteiger partial charge in [-0.05, 0) is 37.3 Å². The number of piperidine rings is 2. The number of fused-ring (bicyclic) bond motifs is 1. The van der Waals surface area contributed by atoms with E-state index in [2.05, 4.69) is 10.3 Å². The van der Waals surface area contributed by atoms with Gasteiger partial charge < -0.3 is 24.6 Å². The second-order valence-electron chi connectivity index (χ2n) is 8.16. The molecule has 8 nitrogen and oxygen atoms in total. The predicted molar refractivity (Wildman–Crippen MR) is 102 cm³/mol. The fraction of sp³-hybridized carbons (Fsp3) is 0.650. The van der Waals surface area contributed by atoms with Crippen LogP contribution in [0.3, 0.4) is 0 Å². The summed E-state index contributed by atoms with van der Waals surface area (Å²) in [6.45, 7) is 2.66. The van der Waals surface area contributed by atoms with E-state index < -0.39 is 11.9 Å². The summed E-state index contributed by atoms with van der Waals surface area (Å²) < 4.78 is 48.8. The number of nitrogens with zero attached hydrogens (tertiary/aromatic N) is 3. The van der Waals surface area contributed by atoms with E-state index in [0.717, 1.165) is 25.1 Å². The first kappa shape index (κ1) is 21.7. The molecular weight excluding hydrogens is 417 g/mol. The molecule has 1 aromatic rings. The third kappa shape index (κ3) is 5.20. The molecule has 0 saturated carbocycles. The summed E-state index contributed by atoms with van der Waals surface area (Å²) in [5, 5.41) is 2.90. The molecule has 3 amide bonds. The first-order valence-corrected chi connectivity index (χ1v) is 10.4. The smallest absolute Gasteiger partial charge is 0.433 e. The third-order valence-electron chi connectivity index (χ3n) is 5.99. The molecule has 170 valence electrons. The Morgan fingerprint density at radius 2 is 1.94 bits per heavy atom. The highest BCUT2D eigenvalue weighted by Crippen LogP contribution is 2.28. The van der Waals surface area contributed by atoms with Crippen molar-refractivity contribution < 1.29 is 32.2 Å². The first-order valence-electron chi connectivity index (χ1n) is 10.4. The number of morpholine rings is 1. The van der Waals surface area contributed by atoms with Crippen molar-refractivity contribution in [3.05, 3.63) is 24.0 Å². The molecule has 31 heavy (non-hydrogen) atoms. The van der Waals surface area contributed by atoms with E-state index in [1.807, 2.05) is 4.90 Å². The van der Waals surface area contributed by atoms with Gasteiger partial charge >= 0.3 is 12.2 Å². The van der Waals surface area contributed by atoms with Crippen LogP contribution < -0.4 is 10.1 Å². The van der Waals surface area contributed by atoms with Crippen LogP contribution in [0, 0.1) is 5.92 Å². The van der Waals surface area contributed by atoms with Crippen LogP contribution in [0.25, 0.3) is 0 Å². The zero-order valence-electron chi connectivity index (χ0n) is 16.9. The van der Waals surface area contributed by atoms with Crippen LogP contribution in [-0.4, -0.2) is 78.3 Å². The second-order valence-corrected chi connectivity index (χ2v) is 8.16. The zero-order valence-corrected chi connectivity index (χ0v) is 16.9. The third-order valence-corrected chi connectivity index (χ3v) is 5.99. The number of ether oxygens (including phenoxy) is 2. The van der Waals surface area contributed by atoms with Crippen molar-refractivity contribution in [3.8, 4) is 5.75 Å². The Labute approximate surface area is 177 Å². The van der Waals surface area contributed by atoms with Gasteiger partial charge in [0, 0.05) is 26.2 Å². The van der Waals surface area contributed by atoms with Crippen LogP contribution in [0.15, 0.2) is 18.3 Å². The molecule has 1 unspecified atom stereocenters. The summed E-state index contributed by atoms with van der Waals surface area (Å²) in [4.78, 5) is 31.4. The van der Waals surface area contributed by atoms with Gasteiger partial charge in [0.2, 0.25) is 5.91 Å². The molecular formula is C20H25F3N4O4. The largest absolute Gasteiger partial charge is 0.492 e. The molecule has 3 saturated heterocycles. The lowest BCUT2D eigenvalue weighted by atomic mass is 9.97. The van der Waals surface area contributed by atoms with E-state index in [1.165, 1.54) is 6.07 Å². The van der Waals surface area contributed by atoms with Gasteiger partial charge in [0.1, 0.15) is 18.1 Å². The molecule has 2 atom stereocenters. The maximum atomic E-state index is 12.9. The lowest BCUT2D eigenvalue weighted by Gasteiger charge is -2.43. The van der Waals surface area contributed by atoms with Crippen molar-refractivity contribution >= 4 is 11.9 Å². The van der Waals surface area contributed by atoms with Crippen LogP contribution in [0.1, 0.15) is 25.0 Å². The van der Waals surface area contributed by atoms with E-state index >= 15 is 0 Å². The van der Waals surface area contributed by atoms with Gasteiger partial charge in [-0.3, -0.25) is 4.79 Å². The molecule has 11 heteroatoms. The number of hydrogen-bond acceptors (Lipinski definition) is 5. The molecule has 4 heterocycles. The Morgan fingerprint density at radius 3 is 2.61 bits per heavy atom. The Hall–Kier alpha value is -2.56. The van der Waals surface area contributed by atoms with Gasteiger partial charge in [-0.25, -0.2) is 9.78 Å². The summed E-state index contributed by atoms with van der Waals surface area (Å²) in [6.07, 6.45) is -1.23. The number of likely N-dealkylation sites (tertiary alicyclic amines) is 2. The van der Waals surface area contributed by atoms with Crippen molar-refractivity contribution in [1.29, 1.82) is 0 Å². The van der Waals surface area contributed by atoms with Crippen molar-refractivity contribution in [2.75, 3.05) is 39.4 Å². The molecule has 0 bridgehead atoms. The lowest BCUT2D eigenvalue weighted by Crippen LogP contribution is -2.62. The molecule has 0 spiro atoms. The fourth-order valence-corrected chi connectivity index (χ4v) is 4.21. The van der Waals surface area contributed by atoms with E-state index in [9.17, 15) is 22.8 Å². The van der Waals surface area contributed by atoms with Crippen molar-refractivity contribution in [2.24, 2.45) is 5.92 Å². The Kier molecular flexibility index (Phi) is 6.22. The molecule has 0 aliphatic carbocycles. The second kappa shape index (κ2) is 8.89. The van der Waals surface area contributed by atoms with Gasteiger partial charge in [0.05, 0.1) is 24.9 Å². The van der Waals surface area contributed by atoms with E-state index in [-0.39, 0.29) is 36.6 Å². The molecule has 1 aromatic heterocycles. The van der Waals surface area contributed by atoms with E-state index in [4.69, 9.17) is 9.47 Å². The molecule has 3 fully saturated rings. The van der Waals surface area contributed by atoms with E-state index in [1.54, 1.807) is 4.90 Å². The number of urea groups is 1. The number of carbonyl (C=O) groups excluding carboxylic acids is 2. The van der Waals surface area contributed by atoms with Crippen molar-refractivity contribution in [2.45, 2.75) is 37.6 Å². The maximum absolute atomic E-state index is 12.9. The summed E-state index contributed by atoms with van der Waals surface area (Å²) in [7, 11) is 0. The molecule has 4 rings (SSSR count). The monoisotopic (exact) mass is 442 g/mol. The fourth-order valence-electron chi connectivity index (χ4n) is 4.21. The minimum Gasteiger partial charge on any atom is -0.492 e. The molecule has 0 radical (unpaired) electrons. The Balaban J connectivity index is 1.21. The number of halogens is 3. The lowest BCUT2D eigenvalue weighted by molar-refractivity contribution is -0.141. The van der Waals surface area contributed by atoms with Gasteiger partial charge in [0.15, 0.2) is 0 Å². The molecule has 3 aliphatic rings. The van der Waals surface area contributed by atoms with Crippen LogP contribution >= 0.6 is 0 Å². The summed E-state index contributed by atoms with van der Waals surface area (Å²) in [5.74, 6) is 0.355. The average Bonchev–Trinajstić information content (AvgIpc) is 2.76. The summed E-state index contributed by atoms with van der Waals surface area (Å²) in [5.41, 5.74) is -0.949. The molecule has 1 N–H and O–H groups in total. The number of carbonyl (C=O) groups is 2. The number of amides is 3. The zero-order chi connectivity index (χ0) is 22.0. The molecule has 0 aromatic carbocycles. The minimum absolute atomic E-state index is 0.0374. The SMILES string of the molecule is O=C1COC2CCN(C(=O)N3CCC(COc4ccc(C(F)(F)F)nc4)CC3)C[C@H]2N1. The highest BCUT2D eigenvalue weighted by Gasteiger charge is 2.38. The van der Waals surface area contributed by atoms with E-state index in [0.29, 0.717) is 45.0 Å². The number of alkyl halides is 3. The average molecular weight is 442 g/mol. The van der Waals surface area contributed by atoms with Crippen LogP contribution in [0.2, 0.25) is 0 Å². The van der Waals surface area contributed by atoms with Crippen LogP contribution in [0.5, 0.6) is 5.75 Å². The standard InChI is InChI=1S/C20H25F3N4O4/c21-20(22,23)17-2-1-14(9-24-17)30-11-13-3-6-26(7-4-13)19(29)27-8-5-16-15(10-27)25-18(28)12-31-16/h1-2,9,13,15-16H,3-8,10-12H2,(H,25,28)/t15-,16?/m1/s1. The number of pyridine rings is 1. The van der Waals surface area contributed by atoms with Gasteiger partial charge in [-0.15, -0.1) is 0 Å². The van der Waals surface area contributed by atoms with Crippen molar-refractivity contribution in [3.63, 3.8) is 0 Å². The normalized spacial score (nSPS) is 25.1. The van der Waals surface area contributed by atoms with Crippen molar-refractivity contribution in [1.82, 2.24) is 20.1 Å². The first-order chi connectivity index (χ1) is 14.8. The number of rotatable bonds is 3. The van der Waals surface area contributed by atoms with Crippen LogP contribution in [0.4, 0.5) is 18.0 Å². The summed E-state index contributed by atoms with van der Waals surface area (Å²) >= 11 is 0.